The summed E-state index contributed by atoms with van der Waals surface area (Å²) in [4.78, 5) is 6.71. The monoisotopic (exact) mass is 291 g/mol. The van der Waals surface area contributed by atoms with Crippen molar-refractivity contribution >= 4 is 11.6 Å². The summed E-state index contributed by atoms with van der Waals surface area (Å²) in [6.45, 7) is 5.33. The van der Waals surface area contributed by atoms with Crippen molar-refractivity contribution in [1.29, 1.82) is 0 Å². The molecule has 4 nitrogen and oxygen atoms in total. The molecule has 20 heavy (non-hydrogen) atoms. The first-order valence-electron chi connectivity index (χ1n) is 6.74. The molecule has 1 aromatic heterocycles. The smallest absolute Gasteiger partial charge is 0.123 e. The molecule has 0 fully saturated rings. The van der Waals surface area contributed by atoms with E-state index in [2.05, 4.69) is 21.5 Å². The normalized spacial score (nSPS) is 15.6. The van der Waals surface area contributed by atoms with Crippen LogP contribution in [0.25, 0.3) is 0 Å². The summed E-state index contributed by atoms with van der Waals surface area (Å²) in [7, 11) is 2.05. The van der Waals surface area contributed by atoms with Crippen molar-refractivity contribution in [3.63, 3.8) is 0 Å². The fourth-order valence-corrected chi connectivity index (χ4v) is 2.67. The highest BCUT2D eigenvalue weighted by Crippen LogP contribution is 2.26. The van der Waals surface area contributed by atoms with Crippen LogP contribution in [0.2, 0.25) is 5.02 Å². The number of halogens is 1. The third-order valence-corrected chi connectivity index (χ3v) is 4.02. The maximum atomic E-state index is 6.08. The van der Waals surface area contributed by atoms with E-state index >= 15 is 0 Å². The summed E-state index contributed by atoms with van der Waals surface area (Å²) in [5.74, 6) is 1.98. The van der Waals surface area contributed by atoms with Crippen LogP contribution in [0.15, 0.2) is 24.4 Å². The minimum absolute atomic E-state index is 0.700. The first-order valence-corrected chi connectivity index (χ1v) is 7.12. The second-order valence-corrected chi connectivity index (χ2v) is 5.60. The molecule has 0 aliphatic carbocycles. The molecule has 5 heteroatoms. The fourth-order valence-electron chi connectivity index (χ4n) is 2.48. The highest BCUT2D eigenvalue weighted by molar-refractivity contribution is 6.30. The van der Waals surface area contributed by atoms with Crippen molar-refractivity contribution < 1.29 is 4.74 Å². The van der Waals surface area contributed by atoms with E-state index in [-0.39, 0.29) is 0 Å². The molecule has 0 amide bonds. The molecule has 0 atom stereocenters. The van der Waals surface area contributed by atoms with Gasteiger partial charge in [-0.2, -0.15) is 0 Å². The Bertz CT molecular complexity index is 624. The second kappa shape index (κ2) is 5.46. The average Bonchev–Trinajstić information content (AvgIpc) is 2.64. The second-order valence-electron chi connectivity index (χ2n) is 5.17. The summed E-state index contributed by atoms with van der Waals surface area (Å²) in [6.07, 6.45) is 1.94. The lowest BCUT2D eigenvalue weighted by Crippen LogP contribution is -2.26. The number of hydrogen-bond donors (Lipinski definition) is 0. The lowest BCUT2D eigenvalue weighted by molar-refractivity contribution is 0.216. The molecule has 1 aromatic carbocycles. The van der Waals surface area contributed by atoms with Gasteiger partial charge in [-0.25, -0.2) is 4.98 Å². The van der Waals surface area contributed by atoms with Gasteiger partial charge in [0.15, 0.2) is 0 Å². The molecule has 0 spiro atoms. The number of fused-ring (bicyclic) bond motifs is 1. The Hall–Kier alpha value is -1.52. The van der Waals surface area contributed by atoms with Gasteiger partial charge in [-0.15, -0.1) is 0 Å². The van der Waals surface area contributed by atoms with Crippen molar-refractivity contribution in [1.82, 2.24) is 14.5 Å². The van der Waals surface area contributed by atoms with Gasteiger partial charge in [0.1, 0.15) is 18.2 Å². The SMILES string of the molecule is Cc1ncc(CN2CCOc3ccc(Cl)cc3C2)n1C. The summed E-state index contributed by atoms with van der Waals surface area (Å²) in [5, 5.41) is 0.755. The van der Waals surface area contributed by atoms with E-state index in [1.165, 1.54) is 5.69 Å². The predicted octanol–water partition coefficient (Wildman–Crippen LogP) is 2.78. The maximum absolute atomic E-state index is 6.08. The van der Waals surface area contributed by atoms with Gasteiger partial charge in [-0.3, -0.25) is 4.90 Å². The molecule has 3 rings (SSSR count). The summed E-state index contributed by atoms with van der Waals surface area (Å²) in [5.41, 5.74) is 2.36. The Kier molecular flexibility index (Phi) is 3.68. The quantitative estimate of drug-likeness (QED) is 0.852. The minimum Gasteiger partial charge on any atom is -0.492 e. The molecule has 1 aliphatic heterocycles. The van der Waals surface area contributed by atoms with E-state index in [4.69, 9.17) is 16.3 Å². The largest absolute Gasteiger partial charge is 0.492 e. The zero-order valence-electron chi connectivity index (χ0n) is 11.8. The lowest BCUT2D eigenvalue weighted by atomic mass is 10.2. The zero-order valence-corrected chi connectivity index (χ0v) is 12.5. The van der Waals surface area contributed by atoms with Crippen LogP contribution in [0.4, 0.5) is 0 Å². The van der Waals surface area contributed by atoms with E-state index in [9.17, 15) is 0 Å². The number of imidazole rings is 1. The summed E-state index contributed by atoms with van der Waals surface area (Å²) >= 11 is 6.08. The predicted molar refractivity (Wildman–Crippen MR) is 79.0 cm³/mol. The molecular weight excluding hydrogens is 274 g/mol. The van der Waals surface area contributed by atoms with Crippen molar-refractivity contribution in [2.24, 2.45) is 7.05 Å². The first kappa shape index (κ1) is 13.5. The Morgan fingerprint density at radius 3 is 3.00 bits per heavy atom. The molecule has 106 valence electrons. The van der Waals surface area contributed by atoms with E-state index in [1.807, 2.05) is 31.3 Å². The van der Waals surface area contributed by atoms with Crippen LogP contribution in [-0.2, 0) is 20.1 Å². The van der Waals surface area contributed by atoms with Crippen LogP contribution >= 0.6 is 11.6 Å². The average molecular weight is 292 g/mol. The fraction of sp³-hybridized carbons (Fsp3) is 0.400. The van der Waals surface area contributed by atoms with Crippen LogP contribution < -0.4 is 4.74 Å². The van der Waals surface area contributed by atoms with Gasteiger partial charge < -0.3 is 9.30 Å². The molecule has 1 aliphatic rings. The van der Waals surface area contributed by atoms with Gasteiger partial charge >= 0.3 is 0 Å². The first-order chi connectivity index (χ1) is 9.63. The molecule has 0 unspecified atom stereocenters. The number of ether oxygens (including phenoxy) is 1. The molecule has 0 saturated carbocycles. The van der Waals surface area contributed by atoms with Crippen molar-refractivity contribution in [2.75, 3.05) is 13.2 Å². The molecule has 0 bridgehead atoms. The Labute approximate surface area is 123 Å². The summed E-state index contributed by atoms with van der Waals surface area (Å²) in [6, 6.07) is 5.82. The van der Waals surface area contributed by atoms with Crippen LogP contribution in [0.1, 0.15) is 17.1 Å². The highest BCUT2D eigenvalue weighted by Gasteiger charge is 2.17. The third kappa shape index (κ3) is 2.67. The van der Waals surface area contributed by atoms with Crippen LogP contribution in [0.3, 0.4) is 0 Å². The number of rotatable bonds is 2. The van der Waals surface area contributed by atoms with E-state index in [0.717, 1.165) is 41.8 Å². The molecular formula is C15H18ClN3O. The van der Waals surface area contributed by atoms with Gasteiger partial charge in [0, 0.05) is 43.5 Å². The topological polar surface area (TPSA) is 30.3 Å². The summed E-state index contributed by atoms with van der Waals surface area (Å²) < 4.78 is 7.91. The van der Waals surface area contributed by atoms with Gasteiger partial charge in [-0.1, -0.05) is 11.6 Å². The van der Waals surface area contributed by atoms with Crippen LogP contribution in [0, 0.1) is 6.92 Å². The molecule has 2 heterocycles. The van der Waals surface area contributed by atoms with Gasteiger partial charge in [-0.05, 0) is 25.1 Å². The zero-order chi connectivity index (χ0) is 14.1. The van der Waals surface area contributed by atoms with Crippen LogP contribution in [-0.4, -0.2) is 27.6 Å². The van der Waals surface area contributed by atoms with Crippen molar-refractivity contribution in [2.45, 2.75) is 20.0 Å². The van der Waals surface area contributed by atoms with Gasteiger partial charge in [0.25, 0.3) is 0 Å². The minimum atomic E-state index is 0.700. The standard InChI is InChI=1S/C15H18ClN3O/c1-11-17-8-14(18(11)2)10-19-5-6-20-15-4-3-13(16)7-12(15)9-19/h3-4,7-8H,5-6,9-10H2,1-2H3. The molecule has 2 aromatic rings. The number of nitrogens with zero attached hydrogens (tertiary/aromatic N) is 3. The van der Waals surface area contributed by atoms with Gasteiger partial charge in [0.05, 0.1) is 5.69 Å². The van der Waals surface area contributed by atoms with Crippen molar-refractivity contribution in [3.05, 3.63) is 46.5 Å². The molecule has 0 N–H and O–H groups in total. The number of benzene rings is 1. The Morgan fingerprint density at radius 1 is 1.40 bits per heavy atom. The van der Waals surface area contributed by atoms with Crippen LogP contribution in [0.5, 0.6) is 5.75 Å². The van der Waals surface area contributed by atoms with E-state index in [1.54, 1.807) is 0 Å². The number of hydrogen-bond acceptors (Lipinski definition) is 3. The van der Waals surface area contributed by atoms with Crippen molar-refractivity contribution in [3.8, 4) is 5.75 Å². The van der Waals surface area contributed by atoms with E-state index < -0.39 is 0 Å². The molecule has 0 radical (unpaired) electrons. The lowest BCUT2D eigenvalue weighted by Gasteiger charge is -2.19. The van der Waals surface area contributed by atoms with E-state index in [0.29, 0.717) is 6.61 Å². The Balaban J connectivity index is 1.80. The number of aryl methyl sites for hydroxylation is 1. The highest BCUT2D eigenvalue weighted by atomic mass is 35.5. The Morgan fingerprint density at radius 2 is 2.25 bits per heavy atom. The number of aromatic nitrogens is 2. The van der Waals surface area contributed by atoms with Gasteiger partial charge in [0.2, 0.25) is 0 Å². The maximum Gasteiger partial charge on any atom is 0.123 e. The molecule has 0 saturated heterocycles. The third-order valence-electron chi connectivity index (χ3n) is 3.78.